The molecule has 110 valence electrons. The highest BCUT2D eigenvalue weighted by Crippen LogP contribution is 2.16. The van der Waals surface area contributed by atoms with Gasteiger partial charge in [-0.15, -0.1) is 0 Å². The van der Waals surface area contributed by atoms with Gasteiger partial charge in [-0.05, 0) is 24.3 Å². The van der Waals surface area contributed by atoms with Crippen LogP contribution < -0.4 is 5.73 Å². The average Bonchev–Trinajstić information content (AvgIpc) is 3.28. The van der Waals surface area contributed by atoms with E-state index >= 15 is 0 Å². The first-order valence-corrected chi connectivity index (χ1v) is 6.41. The fraction of sp³-hybridized carbons (Fsp3) is 0.200. The molecule has 1 atom stereocenters. The summed E-state index contributed by atoms with van der Waals surface area (Å²) in [6.45, 7) is 1.31. The minimum atomic E-state index is 0.146. The summed E-state index contributed by atoms with van der Waals surface area (Å²) in [5.41, 5.74) is 6.10. The molecule has 1 aliphatic heterocycles. The van der Waals surface area contributed by atoms with Crippen LogP contribution >= 0.6 is 0 Å². The minimum Gasteiger partial charge on any atom is -0.506 e. The number of nitrogens with one attached hydrogen (secondary N) is 2. The van der Waals surface area contributed by atoms with Crippen molar-refractivity contribution >= 4 is 17.1 Å². The number of phenols is 1. The molecule has 1 unspecified atom stereocenters. The molecule has 6 nitrogen and oxygen atoms in total. The Labute approximate surface area is 122 Å². The highest BCUT2D eigenvalue weighted by Gasteiger charge is 2.23. The first kappa shape index (κ1) is 14.8. The van der Waals surface area contributed by atoms with Crippen LogP contribution in [0.25, 0.3) is 0 Å². The quantitative estimate of drug-likeness (QED) is 0.294. The van der Waals surface area contributed by atoms with Crippen molar-refractivity contribution in [2.45, 2.75) is 6.10 Å². The van der Waals surface area contributed by atoms with E-state index in [1.165, 1.54) is 0 Å². The fourth-order valence-corrected chi connectivity index (χ4v) is 1.45. The lowest BCUT2D eigenvalue weighted by molar-refractivity contribution is 0.193. The number of para-hydroxylation sites is 2. The zero-order chi connectivity index (χ0) is 15.2. The molecule has 0 amide bonds. The van der Waals surface area contributed by atoms with Crippen molar-refractivity contribution in [2.24, 2.45) is 0 Å². The lowest BCUT2D eigenvalue weighted by Crippen LogP contribution is -2.12. The number of phenolic OH excluding ortho intramolecular Hbond substituents is 1. The van der Waals surface area contributed by atoms with E-state index in [-0.39, 0.29) is 23.3 Å². The lowest BCUT2D eigenvalue weighted by Gasteiger charge is -2.09. The Morgan fingerprint density at radius 2 is 1.95 bits per heavy atom. The van der Waals surface area contributed by atoms with Gasteiger partial charge in [-0.25, -0.2) is 0 Å². The molecule has 1 aliphatic carbocycles. The third kappa shape index (κ3) is 4.77. The predicted octanol–water partition coefficient (Wildman–Crippen LogP) is 1.87. The number of nitrogen functional groups attached to an aromatic ring is 1. The molecule has 5 N–H and O–H groups in total. The van der Waals surface area contributed by atoms with E-state index in [0.29, 0.717) is 18.1 Å². The van der Waals surface area contributed by atoms with Crippen molar-refractivity contribution in [1.82, 2.24) is 0 Å². The average molecular weight is 287 g/mol. The first-order chi connectivity index (χ1) is 10.1. The van der Waals surface area contributed by atoms with Crippen molar-refractivity contribution in [3.63, 3.8) is 0 Å². The second-order valence-corrected chi connectivity index (χ2v) is 4.53. The van der Waals surface area contributed by atoms with E-state index in [1.54, 1.807) is 42.5 Å². The summed E-state index contributed by atoms with van der Waals surface area (Å²) in [6.07, 6.45) is 5.03. The molecule has 1 aromatic rings. The van der Waals surface area contributed by atoms with E-state index in [0.717, 1.165) is 6.61 Å². The monoisotopic (exact) mass is 287 g/mol. The Morgan fingerprint density at radius 3 is 2.48 bits per heavy atom. The number of hydrogen-bond donors (Lipinski definition) is 4. The van der Waals surface area contributed by atoms with Crippen LogP contribution in [0.1, 0.15) is 0 Å². The maximum absolute atomic E-state index is 8.79. The van der Waals surface area contributed by atoms with Crippen LogP contribution in [0, 0.1) is 10.8 Å². The highest BCUT2D eigenvalue weighted by molar-refractivity contribution is 6.48. The molecule has 21 heavy (non-hydrogen) atoms. The normalized spacial score (nSPS) is 19.4. The van der Waals surface area contributed by atoms with Crippen molar-refractivity contribution < 1.29 is 14.6 Å². The van der Waals surface area contributed by atoms with E-state index in [1.807, 2.05) is 0 Å². The molecule has 1 heterocycles. The van der Waals surface area contributed by atoms with Gasteiger partial charge in [0.15, 0.2) is 0 Å². The standard InChI is InChI=1S/C9H10N2O2.C6H7NO/c10-8-2-1-6(3-9(8)11)12-4-7-5-13-7;7-5-3-1-2-4-6(5)8/h1-3,7,10-11H,4-5H2;1-4,8H,7H2. The van der Waals surface area contributed by atoms with Gasteiger partial charge in [0.2, 0.25) is 0 Å². The van der Waals surface area contributed by atoms with Crippen molar-refractivity contribution in [1.29, 1.82) is 10.8 Å². The van der Waals surface area contributed by atoms with Crippen LogP contribution in [0.3, 0.4) is 0 Å². The minimum absolute atomic E-state index is 0.146. The largest absolute Gasteiger partial charge is 0.506 e. The summed E-state index contributed by atoms with van der Waals surface area (Å²) in [5.74, 6) is 0.781. The molecule has 0 aromatic heterocycles. The van der Waals surface area contributed by atoms with Crippen LogP contribution in [-0.4, -0.2) is 35.8 Å². The molecular formula is C15H17N3O3. The number of benzene rings is 1. The maximum atomic E-state index is 8.79. The van der Waals surface area contributed by atoms with Gasteiger partial charge in [-0.1, -0.05) is 12.1 Å². The molecule has 2 aliphatic rings. The molecule has 0 bridgehead atoms. The van der Waals surface area contributed by atoms with Crippen molar-refractivity contribution in [3.05, 3.63) is 48.3 Å². The molecular weight excluding hydrogens is 270 g/mol. The van der Waals surface area contributed by atoms with Crippen LogP contribution in [0.2, 0.25) is 0 Å². The summed E-state index contributed by atoms with van der Waals surface area (Å²) in [7, 11) is 0. The third-order valence-electron chi connectivity index (χ3n) is 2.77. The van der Waals surface area contributed by atoms with E-state index in [9.17, 15) is 0 Å². The summed E-state index contributed by atoms with van der Waals surface area (Å²) < 4.78 is 10.3. The molecule has 6 heteroatoms. The van der Waals surface area contributed by atoms with E-state index in [4.69, 9.17) is 31.1 Å². The first-order valence-electron chi connectivity index (χ1n) is 6.41. The van der Waals surface area contributed by atoms with Crippen LogP contribution in [0.4, 0.5) is 5.69 Å². The molecule has 0 radical (unpaired) electrons. The number of anilines is 1. The van der Waals surface area contributed by atoms with Crippen molar-refractivity contribution in [3.8, 4) is 5.75 Å². The Balaban J connectivity index is 0.000000173. The zero-order valence-corrected chi connectivity index (χ0v) is 11.4. The fourth-order valence-electron chi connectivity index (χ4n) is 1.45. The summed E-state index contributed by atoms with van der Waals surface area (Å²) in [6, 6.07) is 6.70. The molecule has 0 saturated carbocycles. The number of nitrogens with two attached hydrogens (primary N) is 1. The van der Waals surface area contributed by atoms with Gasteiger partial charge in [0.05, 0.1) is 23.7 Å². The predicted molar refractivity (Wildman–Crippen MR) is 80.9 cm³/mol. The second kappa shape index (κ2) is 6.71. The SMILES string of the molecule is N=C1C=CC(OCC2CO2)=CC1=N.Nc1ccccc1O. The number of hydrogen-bond acceptors (Lipinski definition) is 6. The Kier molecular flexibility index (Phi) is 4.73. The van der Waals surface area contributed by atoms with Gasteiger partial charge >= 0.3 is 0 Å². The summed E-state index contributed by atoms with van der Waals surface area (Å²) >= 11 is 0. The molecule has 1 aromatic carbocycles. The van der Waals surface area contributed by atoms with Gasteiger partial charge in [0, 0.05) is 6.08 Å². The Morgan fingerprint density at radius 1 is 1.24 bits per heavy atom. The number of epoxide rings is 1. The van der Waals surface area contributed by atoms with Crippen LogP contribution in [0.15, 0.2) is 48.3 Å². The van der Waals surface area contributed by atoms with Crippen LogP contribution in [0.5, 0.6) is 5.75 Å². The third-order valence-corrected chi connectivity index (χ3v) is 2.77. The molecule has 3 rings (SSSR count). The number of allylic oxidation sites excluding steroid dienone is 3. The number of aromatic hydroxyl groups is 1. The Hall–Kier alpha value is -2.60. The maximum Gasteiger partial charge on any atom is 0.138 e. The molecule has 1 saturated heterocycles. The van der Waals surface area contributed by atoms with E-state index in [2.05, 4.69) is 0 Å². The zero-order valence-electron chi connectivity index (χ0n) is 11.4. The topological polar surface area (TPSA) is 116 Å². The summed E-state index contributed by atoms with van der Waals surface area (Å²) in [4.78, 5) is 0. The Bertz CT molecular complexity index is 583. The van der Waals surface area contributed by atoms with Gasteiger partial charge in [-0.2, -0.15) is 0 Å². The van der Waals surface area contributed by atoms with Crippen molar-refractivity contribution in [2.75, 3.05) is 18.9 Å². The smallest absolute Gasteiger partial charge is 0.138 e. The van der Waals surface area contributed by atoms with Gasteiger partial charge in [-0.3, -0.25) is 10.8 Å². The lowest BCUT2D eigenvalue weighted by atomic mass is 10.1. The number of rotatable bonds is 3. The van der Waals surface area contributed by atoms with E-state index < -0.39 is 0 Å². The van der Waals surface area contributed by atoms with Gasteiger partial charge < -0.3 is 20.3 Å². The highest BCUT2D eigenvalue weighted by atomic mass is 16.6. The number of ether oxygens (including phenoxy) is 2. The summed E-state index contributed by atoms with van der Waals surface area (Å²) in [5, 5.41) is 23.4. The van der Waals surface area contributed by atoms with Gasteiger partial charge in [0.1, 0.15) is 24.2 Å². The van der Waals surface area contributed by atoms with Gasteiger partial charge in [0.25, 0.3) is 0 Å². The molecule has 1 fully saturated rings. The van der Waals surface area contributed by atoms with Crippen LogP contribution in [-0.2, 0) is 9.47 Å². The molecule has 0 spiro atoms. The second-order valence-electron chi connectivity index (χ2n) is 4.53.